The van der Waals surface area contributed by atoms with E-state index in [1.54, 1.807) is 18.2 Å². The van der Waals surface area contributed by atoms with Gasteiger partial charge in [-0.15, -0.1) is 0 Å². The Labute approximate surface area is 148 Å². The van der Waals surface area contributed by atoms with Crippen LogP contribution in [0.3, 0.4) is 0 Å². The van der Waals surface area contributed by atoms with E-state index in [-0.39, 0.29) is 5.91 Å². The second-order valence-electron chi connectivity index (χ2n) is 6.47. The Bertz CT molecular complexity index is 575. The van der Waals surface area contributed by atoms with Gasteiger partial charge in [-0.1, -0.05) is 18.5 Å². The third-order valence-electron chi connectivity index (χ3n) is 4.75. The van der Waals surface area contributed by atoms with Gasteiger partial charge in [0.15, 0.2) is 0 Å². The van der Waals surface area contributed by atoms with E-state index in [1.165, 1.54) is 0 Å². The highest BCUT2D eigenvalue weighted by Crippen LogP contribution is 2.27. The summed E-state index contributed by atoms with van der Waals surface area (Å²) >= 11 is 6.11. The molecule has 1 atom stereocenters. The number of carbonyl (C=O) groups excluding carboxylic acids is 1. The van der Waals surface area contributed by atoms with Crippen LogP contribution in [0.25, 0.3) is 0 Å². The number of nitrogens with one attached hydrogen (secondary N) is 1. The molecule has 0 spiro atoms. The SMILES string of the molecule is CCCOc1ccc(Cl)cc1C(=O)N1CCC(N2CCNCC2)C1. The van der Waals surface area contributed by atoms with Crippen LogP contribution < -0.4 is 10.1 Å². The number of rotatable bonds is 5. The van der Waals surface area contributed by atoms with Crippen LogP contribution in [0, 0.1) is 0 Å². The first kappa shape index (κ1) is 17.5. The van der Waals surface area contributed by atoms with Crippen molar-refractivity contribution in [2.24, 2.45) is 0 Å². The fourth-order valence-corrected chi connectivity index (χ4v) is 3.62. The van der Waals surface area contributed by atoms with Crippen LogP contribution in [0.5, 0.6) is 5.75 Å². The molecule has 0 aromatic heterocycles. The lowest BCUT2D eigenvalue weighted by molar-refractivity contribution is 0.0769. The molecule has 132 valence electrons. The van der Waals surface area contributed by atoms with Gasteiger partial charge in [0.05, 0.1) is 12.2 Å². The van der Waals surface area contributed by atoms with Gasteiger partial charge in [0.2, 0.25) is 0 Å². The van der Waals surface area contributed by atoms with Crippen molar-refractivity contribution in [2.75, 3.05) is 45.9 Å². The first-order valence-electron chi connectivity index (χ1n) is 8.85. The molecule has 2 aliphatic heterocycles. The highest BCUT2D eigenvalue weighted by molar-refractivity contribution is 6.31. The Morgan fingerprint density at radius 3 is 2.88 bits per heavy atom. The fourth-order valence-electron chi connectivity index (χ4n) is 3.45. The van der Waals surface area contributed by atoms with Crippen molar-refractivity contribution in [3.63, 3.8) is 0 Å². The molecular weight excluding hydrogens is 326 g/mol. The summed E-state index contributed by atoms with van der Waals surface area (Å²) in [6, 6.07) is 5.77. The lowest BCUT2D eigenvalue weighted by atomic mass is 10.1. The van der Waals surface area contributed by atoms with Crippen LogP contribution >= 0.6 is 11.6 Å². The maximum Gasteiger partial charge on any atom is 0.257 e. The first-order chi connectivity index (χ1) is 11.7. The predicted octanol–water partition coefficient (Wildman–Crippen LogP) is 2.25. The third-order valence-corrected chi connectivity index (χ3v) is 4.99. The zero-order valence-corrected chi connectivity index (χ0v) is 15.0. The molecule has 1 N–H and O–H groups in total. The first-order valence-corrected chi connectivity index (χ1v) is 9.23. The molecule has 3 rings (SSSR count). The quantitative estimate of drug-likeness (QED) is 0.883. The number of piperazine rings is 1. The van der Waals surface area contributed by atoms with E-state index >= 15 is 0 Å². The zero-order valence-electron chi connectivity index (χ0n) is 14.3. The number of hydrogen-bond acceptors (Lipinski definition) is 4. The lowest BCUT2D eigenvalue weighted by Gasteiger charge is -2.32. The van der Waals surface area contributed by atoms with E-state index in [1.807, 2.05) is 4.90 Å². The Kier molecular flexibility index (Phi) is 5.98. The molecule has 2 heterocycles. The van der Waals surface area contributed by atoms with Gasteiger partial charge in [-0.3, -0.25) is 9.69 Å². The van der Waals surface area contributed by atoms with Crippen molar-refractivity contribution in [3.8, 4) is 5.75 Å². The summed E-state index contributed by atoms with van der Waals surface area (Å²) in [4.78, 5) is 17.4. The van der Waals surface area contributed by atoms with Crippen molar-refractivity contribution < 1.29 is 9.53 Å². The number of ether oxygens (including phenoxy) is 1. The van der Waals surface area contributed by atoms with E-state index in [4.69, 9.17) is 16.3 Å². The summed E-state index contributed by atoms with van der Waals surface area (Å²) in [7, 11) is 0. The molecule has 2 fully saturated rings. The molecule has 0 aliphatic carbocycles. The Hall–Kier alpha value is -1.30. The second-order valence-corrected chi connectivity index (χ2v) is 6.91. The van der Waals surface area contributed by atoms with Crippen molar-refractivity contribution in [1.29, 1.82) is 0 Å². The van der Waals surface area contributed by atoms with Crippen LogP contribution in [-0.4, -0.2) is 67.6 Å². The molecule has 1 aromatic rings. The Balaban J connectivity index is 1.69. The average molecular weight is 352 g/mol. The number of amides is 1. The van der Waals surface area contributed by atoms with Gasteiger partial charge in [0.25, 0.3) is 5.91 Å². The predicted molar refractivity (Wildman–Crippen MR) is 96.0 cm³/mol. The molecule has 0 radical (unpaired) electrons. The molecule has 0 saturated carbocycles. The number of benzene rings is 1. The van der Waals surface area contributed by atoms with E-state index in [9.17, 15) is 4.79 Å². The van der Waals surface area contributed by atoms with Gasteiger partial charge in [0, 0.05) is 50.3 Å². The van der Waals surface area contributed by atoms with Gasteiger partial charge in [0.1, 0.15) is 5.75 Å². The highest BCUT2D eigenvalue weighted by atomic mass is 35.5. The van der Waals surface area contributed by atoms with Crippen LogP contribution in [0.1, 0.15) is 30.1 Å². The summed E-state index contributed by atoms with van der Waals surface area (Å²) < 4.78 is 5.74. The minimum Gasteiger partial charge on any atom is -0.493 e. The molecule has 1 unspecified atom stereocenters. The van der Waals surface area contributed by atoms with Gasteiger partial charge >= 0.3 is 0 Å². The van der Waals surface area contributed by atoms with Gasteiger partial charge in [-0.25, -0.2) is 0 Å². The number of likely N-dealkylation sites (tertiary alicyclic amines) is 1. The Morgan fingerprint density at radius 1 is 1.33 bits per heavy atom. The molecule has 24 heavy (non-hydrogen) atoms. The molecule has 1 aromatic carbocycles. The Morgan fingerprint density at radius 2 is 2.12 bits per heavy atom. The molecule has 1 amide bonds. The maximum atomic E-state index is 13.0. The summed E-state index contributed by atoms with van der Waals surface area (Å²) in [6.07, 6.45) is 1.95. The van der Waals surface area contributed by atoms with Gasteiger partial charge in [-0.2, -0.15) is 0 Å². The van der Waals surface area contributed by atoms with Crippen LogP contribution in [0.4, 0.5) is 0 Å². The molecule has 5 nitrogen and oxygen atoms in total. The number of halogens is 1. The number of carbonyl (C=O) groups is 1. The van der Waals surface area contributed by atoms with Crippen LogP contribution in [-0.2, 0) is 0 Å². The van der Waals surface area contributed by atoms with Crippen LogP contribution in [0.15, 0.2) is 18.2 Å². The third kappa shape index (κ3) is 4.02. The van der Waals surface area contributed by atoms with Crippen molar-refractivity contribution in [2.45, 2.75) is 25.8 Å². The minimum absolute atomic E-state index is 0.0289. The van der Waals surface area contributed by atoms with Crippen LogP contribution in [0.2, 0.25) is 5.02 Å². The second kappa shape index (κ2) is 8.19. The van der Waals surface area contributed by atoms with Crippen molar-refractivity contribution >= 4 is 17.5 Å². The van der Waals surface area contributed by atoms with E-state index in [0.29, 0.717) is 29.0 Å². The number of hydrogen-bond donors (Lipinski definition) is 1. The normalized spacial score (nSPS) is 21.9. The monoisotopic (exact) mass is 351 g/mol. The van der Waals surface area contributed by atoms with E-state index in [0.717, 1.165) is 52.1 Å². The molecule has 0 bridgehead atoms. The van der Waals surface area contributed by atoms with E-state index < -0.39 is 0 Å². The summed E-state index contributed by atoms with van der Waals surface area (Å²) in [5.74, 6) is 0.665. The molecule has 2 aliphatic rings. The summed E-state index contributed by atoms with van der Waals surface area (Å²) in [5.41, 5.74) is 0.580. The topological polar surface area (TPSA) is 44.8 Å². The molecule has 6 heteroatoms. The average Bonchev–Trinajstić information content (AvgIpc) is 3.11. The number of nitrogens with zero attached hydrogens (tertiary/aromatic N) is 2. The smallest absolute Gasteiger partial charge is 0.257 e. The molecule has 2 saturated heterocycles. The minimum atomic E-state index is 0.0289. The lowest BCUT2D eigenvalue weighted by Crippen LogP contribution is -2.49. The largest absolute Gasteiger partial charge is 0.493 e. The van der Waals surface area contributed by atoms with Crippen molar-refractivity contribution in [3.05, 3.63) is 28.8 Å². The highest BCUT2D eigenvalue weighted by Gasteiger charge is 2.32. The zero-order chi connectivity index (χ0) is 16.9. The van der Waals surface area contributed by atoms with E-state index in [2.05, 4.69) is 17.1 Å². The maximum absolute atomic E-state index is 13.0. The molecular formula is C18H26ClN3O2. The summed E-state index contributed by atoms with van der Waals surface area (Å²) in [5, 5.41) is 3.95. The van der Waals surface area contributed by atoms with Crippen molar-refractivity contribution in [1.82, 2.24) is 15.1 Å². The standard InChI is InChI=1S/C18H26ClN3O2/c1-2-11-24-17-4-3-14(19)12-16(17)18(23)22-8-5-15(13-22)21-9-6-20-7-10-21/h3-4,12,15,20H,2,5-11,13H2,1H3. The summed E-state index contributed by atoms with van der Waals surface area (Å²) in [6.45, 7) is 8.44. The van der Waals surface area contributed by atoms with Gasteiger partial charge < -0.3 is 15.0 Å². The fraction of sp³-hybridized carbons (Fsp3) is 0.611. The van der Waals surface area contributed by atoms with Gasteiger partial charge in [-0.05, 0) is 31.0 Å².